The first kappa shape index (κ1) is 15.4. The molecule has 0 saturated carbocycles. The van der Waals surface area contributed by atoms with Crippen molar-refractivity contribution in [2.75, 3.05) is 7.11 Å². The number of benzene rings is 1. The van der Waals surface area contributed by atoms with E-state index in [1.165, 1.54) is 19.2 Å². The topological polar surface area (TPSA) is 94.3 Å². The van der Waals surface area contributed by atoms with E-state index in [2.05, 4.69) is 9.71 Å². The quantitative estimate of drug-likeness (QED) is 0.831. The van der Waals surface area contributed by atoms with Crippen LogP contribution >= 0.6 is 0 Å². The van der Waals surface area contributed by atoms with Crippen LogP contribution in [0.25, 0.3) is 0 Å². The lowest BCUT2D eigenvalue weighted by Crippen LogP contribution is -2.24. The van der Waals surface area contributed by atoms with Crippen LogP contribution in [0.5, 0.6) is 5.75 Å². The van der Waals surface area contributed by atoms with Crippen molar-refractivity contribution in [1.82, 2.24) is 9.71 Å². The summed E-state index contributed by atoms with van der Waals surface area (Å²) >= 11 is 0. The fraction of sp³-hybridized carbons (Fsp3) is 0.214. The zero-order valence-corrected chi connectivity index (χ0v) is 12.4. The van der Waals surface area contributed by atoms with E-state index in [1.807, 2.05) is 0 Å². The molecule has 21 heavy (non-hydrogen) atoms. The maximum Gasteiger partial charge on any atom is 0.240 e. The molecule has 0 aliphatic carbocycles. The molecule has 0 unspecified atom stereocenters. The summed E-state index contributed by atoms with van der Waals surface area (Å²) in [5.41, 5.74) is 6.88. The number of nitrogens with zero attached hydrogens (tertiary/aromatic N) is 1. The van der Waals surface area contributed by atoms with Crippen LogP contribution in [-0.2, 0) is 23.1 Å². The Balaban J connectivity index is 2.19. The maximum atomic E-state index is 12.3. The molecule has 1 aromatic heterocycles. The van der Waals surface area contributed by atoms with Gasteiger partial charge in [0.05, 0.1) is 24.2 Å². The van der Waals surface area contributed by atoms with Gasteiger partial charge in [-0.05, 0) is 30.3 Å². The summed E-state index contributed by atoms with van der Waals surface area (Å²) in [7, 11) is -2.10. The highest BCUT2D eigenvalue weighted by Gasteiger charge is 2.16. The molecule has 2 rings (SSSR count). The summed E-state index contributed by atoms with van der Waals surface area (Å²) in [4.78, 5) is 4.22. The van der Waals surface area contributed by atoms with Gasteiger partial charge in [0.2, 0.25) is 10.0 Å². The smallest absolute Gasteiger partial charge is 0.240 e. The van der Waals surface area contributed by atoms with Gasteiger partial charge in [0.15, 0.2) is 0 Å². The number of ether oxygens (including phenoxy) is 1. The SMILES string of the molecule is COc1ccc(S(=O)(=O)NCc2ccccn2)cc1CN. The highest BCUT2D eigenvalue weighted by atomic mass is 32.2. The van der Waals surface area contributed by atoms with E-state index in [9.17, 15) is 8.42 Å². The van der Waals surface area contributed by atoms with E-state index in [4.69, 9.17) is 10.5 Å². The molecule has 1 heterocycles. The van der Waals surface area contributed by atoms with E-state index in [0.29, 0.717) is 17.0 Å². The summed E-state index contributed by atoms with van der Waals surface area (Å²) in [5.74, 6) is 0.571. The Morgan fingerprint density at radius 3 is 2.71 bits per heavy atom. The van der Waals surface area contributed by atoms with Crippen molar-refractivity contribution >= 4 is 10.0 Å². The highest BCUT2D eigenvalue weighted by Crippen LogP contribution is 2.21. The molecule has 0 amide bonds. The molecule has 6 nitrogen and oxygen atoms in total. The van der Waals surface area contributed by atoms with Gasteiger partial charge in [0.25, 0.3) is 0 Å². The van der Waals surface area contributed by atoms with Crippen molar-refractivity contribution in [3.63, 3.8) is 0 Å². The normalized spacial score (nSPS) is 11.3. The summed E-state index contributed by atoms with van der Waals surface area (Å²) < 4.78 is 32.1. The van der Waals surface area contributed by atoms with Crippen molar-refractivity contribution in [3.8, 4) is 5.75 Å². The number of rotatable bonds is 6. The monoisotopic (exact) mass is 307 g/mol. The molecule has 1 aromatic carbocycles. The minimum atomic E-state index is -3.62. The van der Waals surface area contributed by atoms with E-state index >= 15 is 0 Å². The second-order valence-corrected chi connectivity index (χ2v) is 6.09. The van der Waals surface area contributed by atoms with Gasteiger partial charge >= 0.3 is 0 Å². The Bertz CT molecular complexity index is 703. The lowest BCUT2D eigenvalue weighted by molar-refractivity contribution is 0.409. The second-order valence-electron chi connectivity index (χ2n) is 4.32. The van der Waals surface area contributed by atoms with Crippen LogP contribution < -0.4 is 15.2 Å². The standard InChI is InChI=1S/C14H17N3O3S/c1-20-14-6-5-13(8-11(14)9-15)21(18,19)17-10-12-4-2-3-7-16-12/h2-8,17H,9-10,15H2,1H3. The van der Waals surface area contributed by atoms with Gasteiger partial charge in [0.1, 0.15) is 5.75 Å². The molecule has 0 radical (unpaired) electrons. The molecule has 0 aliphatic heterocycles. The Morgan fingerprint density at radius 1 is 1.29 bits per heavy atom. The van der Waals surface area contributed by atoms with Crippen LogP contribution in [-0.4, -0.2) is 20.5 Å². The third-order valence-corrected chi connectivity index (χ3v) is 4.35. The van der Waals surface area contributed by atoms with Crippen molar-refractivity contribution in [2.45, 2.75) is 18.0 Å². The number of nitrogens with two attached hydrogens (primary N) is 1. The minimum Gasteiger partial charge on any atom is -0.496 e. The molecule has 2 aromatic rings. The molecule has 112 valence electrons. The number of nitrogens with one attached hydrogen (secondary N) is 1. The molecule has 0 aliphatic rings. The first-order valence-corrected chi connectivity index (χ1v) is 7.81. The molecule has 0 saturated heterocycles. The Kier molecular flexibility index (Phi) is 4.89. The summed E-state index contributed by atoms with van der Waals surface area (Å²) in [6.07, 6.45) is 1.61. The second kappa shape index (κ2) is 6.66. The highest BCUT2D eigenvalue weighted by molar-refractivity contribution is 7.89. The van der Waals surface area contributed by atoms with Crippen molar-refractivity contribution in [3.05, 3.63) is 53.9 Å². The van der Waals surface area contributed by atoms with Crippen molar-refractivity contribution in [1.29, 1.82) is 0 Å². The average Bonchev–Trinajstić information content (AvgIpc) is 2.53. The fourth-order valence-electron chi connectivity index (χ4n) is 1.84. The third-order valence-electron chi connectivity index (χ3n) is 2.95. The number of sulfonamides is 1. The van der Waals surface area contributed by atoms with Crippen LogP contribution in [0, 0.1) is 0 Å². The maximum absolute atomic E-state index is 12.3. The van der Waals surface area contributed by atoms with Gasteiger partial charge in [-0.1, -0.05) is 6.07 Å². The molecule has 0 bridgehead atoms. The zero-order valence-electron chi connectivity index (χ0n) is 11.6. The van der Waals surface area contributed by atoms with Gasteiger partial charge < -0.3 is 10.5 Å². The number of hydrogen-bond donors (Lipinski definition) is 2. The molecule has 7 heteroatoms. The van der Waals surface area contributed by atoms with Crippen LogP contribution in [0.1, 0.15) is 11.3 Å². The Labute approximate surface area is 124 Å². The summed E-state index contributed by atoms with van der Waals surface area (Å²) in [5, 5.41) is 0. The summed E-state index contributed by atoms with van der Waals surface area (Å²) in [6.45, 7) is 0.333. The number of methoxy groups -OCH3 is 1. The van der Waals surface area contributed by atoms with Gasteiger partial charge in [-0.25, -0.2) is 13.1 Å². The minimum absolute atomic E-state index is 0.132. The summed E-state index contributed by atoms with van der Waals surface area (Å²) in [6, 6.07) is 9.92. The molecule has 0 fully saturated rings. The van der Waals surface area contributed by atoms with Crippen molar-refractivity contribution < 1.29 is 13.2 Å². The van der Waals surface area contributed by atoms with Gasteiger partial charge in [-0.2, -0.15) is 0 Å². The first-order valence-electron chi connectivity index (χ1n) is 6.33. The fourth-order valence-corrected chi connectivity index (χ4v) is 2.89. The van der Waals surface area contributed by atoms with Gasteiger partial charge in [-0.15, -0.1) is 0 Å². The van der Waals surface area contributed by atoms with Crippen LogP contribution in [0.4, 0.5) is 0 Å². The van der Waals surface area contributed by atoms with E-state index in [1.54, 1.807) is 30.5 Å². The van der Waals surface area contributed by atoms with Gasteiger partial charge in [0, 0.05) is 18.3 Å². The number of pyridine rings is 1. The number of hydrogen-bond acceptors (Lipinski definition) is 5. The molecule has 0 atom stereocenters. The predicted octanol–water partition coefficient (Wildman–Crippen LogP) is 1.03. The van der Waals surface area contributed by atoms with Crippen LogP contribution in [0.3, 0.4) is 0 Å². The predicted molar refractivity (Wildman–Crippen MR) is 79.1 cm³/mol. The molecule has 0 spiro atoms. The van der Waals surface area contributed by atoms with Crippen molar-refractivity contribution in [2.24, 2.45) is 5.73 Å². The Morgan fingerprint density at radius 2 is 2.10 bits per heavy atom. The third kappa shape index (κ3) is 3.78. The van der Waals surface area contributed by atoms with Gasteiger partial charge in [-0.3, -0.25) is 4.98 Å². The lowest BCUT2D eigenvalue weighted by Gasteiger charge is -2.10. The molecular formula is C14H17N3O3S. The molecular weight excluding hydrogens is 290 g/mol. The average molecular weight is 307 g/mol. The van der Waals surface area contributed by atoms with E-state index < -0.39 is 10.0 Å². The van der Waals surface area contributed by atoms with E-state index in [0.717, 1.165) is 0 Å². The first-order chi connectivity index (χ1) is 10.1. The zero-order chi connectivity index (χ0) is 15.3. The number of aromatic nitrogens is 1. The van der Waals surface area contributed by atoms with E-state index in [-0.39, 0.29) is 18.0 Å². The Hall–Kier alpha value is -1.96. The molecule has 3 N–H and O–H groups in total. The van der Waals surface area contributed by atoms with Crippen LogP contribution in [0.2, 0.25) is 0 Å². The lowest BCUT2D eigenvalue weighted by atomic mass is 10.2. The largest absolute Gasteiger partial charge is 0.496 e. The van der Waals surface area contributed by atoms with Crippen LogP contribution in [0.15, 0.2) is 47.5 Å².